The summed E-state index contributed by atoms with van der Waals surface area (Å²) in [4.78, 5) is 7.20. The summed E-state index contributed by atoms with van der Waals surface area (Å²) in [5.74, 6) is 0. The molecule has 1 aromatic heterocycles. The van der Waals surface area contributed by atoms with Gasteiger partial charge in [0, 0.05) is 41.9 Å². The number of fused-ring (bicyclic) bond motifs is 6. The summed E-state index contributed by atoms with van der Waals surface area (Å²) in [6.45, 7) is 0. The number of halogens is 1. The fourth-order valence-electron chi connectivity index (χ4n) is 5.34. The molecule has 0 saturated carbocycles. The number of para-hydroxylation sites is 2. The molecule has 186 valence electrons. The zero-order valence-corrected chi connectivity index (χ0v) is 23.0. The highest BCUT2D eigenvalue weighted by atomic mass is 35.5. The van der Waals surface area contributed by atoms with E-state index >= 15 is 0 Å². The number of furan rings is 1. The van der Waals surface area contributed by atoms with E-state index in [-0.39, 0.29) is 0 Å². The molecule has 1 aliphatic heterocycles. The second-order valence-corrected chi connectivity index (χ2v) is 12.1. The SMILES string of the molecule is Clc1cc2c(c(N(c3ccccc3)c3ccc4oc5ccccc5c4c3)c1)Sc1cc3ccccc3cc1S2. The van der Waals surface area contributed by atoms with E-state index in [1.165, 1.54) is 30.4 Å². The van der Waals surface area contributed by atoms with Gasteiger partial charge in [0.2, 0.25) is 0 Å². The van der Waals surface area contributed by atoms with Crippen molar-refractivity contribution in [1.82, 2.24) is 0 Å². The van der Waals surface area contributed by atoms with Crippen LogP contribution in [0.3, 0.4) is 0 Å². The highest BCUT2D eigenvalue weighted by Crippen LogP contribution is 2.55. The maximum Gasteiger partial charge on any atom is 0.135 e. The molecule has 2 heterocycles. The average molecular weight is 558 g/mol. The van der Waals surface area contributed by atoms with Gasteiger partial charge in [-0.1, -0.05) is 95.8 Å². The molecule has 7 aromatic rings. The molecule has 0 N–H and O–H groups in total. The van der Waals surface area contributed by atoms with Gasteiger partial charge in [-0.3, -0.25) is 0 Å². The Morgan fingerprint density at radius 3 is 2.05 bits per heavy atom. The van der Waals surface area contributed by atoms with Gasteiger partial charge in [-0.25, -0.2) is 0 Å². The van der Waals surface area contributed by atoms with Crippen molar-refractivity contribution < 1.29 is 4.42 Å². The summed E-state index contributed by atoms with van der Waals surface area (Å²) < 4.78 is 6.14. The molecular formula is C34H20ClNOS2. The Morgan fingerprint density at radius 2 is 1.23 bits per heavy atom. The fraction of sp³-hybridized carbons (Fsp3) is 0. The quantitative estimate of drug-likeness (QED) is 0.214. The normalized spacial score (nSPS) is 12.5. The van der Waals surface area contributed by atoms with Gasteiger partial charge < -0.3 is 9.32 Å². The summed E-state index contributed by atoms with van der Waals surface area (Å²) >= 11 is 10.4. The van der Waals surface area contributed by atoms with E-state index in [0.29, 0.717) is 0 Å². The number of hydrogen-bond acceptors (Lipinski definition) is 4. The van der Waals surface area contributed by atoms with Crippen LogP contribution in [-0.2, 0) is 0 Å². The fourth-order valence-corrected chi connectivity index (χ4v) is 8.07. The molecule has 0 saturated heterocycles. The van der Waals surface area contributed by atoms with Gasteiger partial charge in [0.15, 0.2) is 0 Å². The Balaban J connectivity index is 1.34. The monoisotopic (exact) mass is 557 g/mol. The van der Waals surface area contributed by atoms with Gasteiger partial charge in [0.05, 0.1) is 10.6 Å². The lowest BCUT2D eigenvalue weighted by molar-refractivity contribution is 0.669. The molecular weight excluding hydrogens is 538 g/mol. The predicted molar refractivity (Wildman–Crippen MR) is 166 cm³/mol. The van der Waals surface area contributed by atoms with E-state index in [9.17, 15) is 0 Å². The smallest absolute Gasteiger partial charge is 0.135 e. The van der Waals surface area contributed by atoms with E-state index in [2.05, 4.69) is 108 Å². The van der Waals surface area contributed by atoms with Crippen molar-refractivity contribution in [3.05, 3.63) is 126 Å². The maximum atomic E-state index is 6.81. The molecule has 0 bridgehead atoms. The van der Waals surface area contributed by atoms with Gasteiger partial charge in [0.25, 0.3) is 0 Å². The van der Waals surface area contributed by atoms with Crippen LogP contribution in [0.25, 0.3) is 32.7 Å². The van der Waals surface area contributed by atoms with Crippen LogP contribution in [0.2, 0.25) is 5.02 Å². The first-order valence-electron chi connectivity index (χ1n) is 12.7. The Bertz CT molecular complexity index is 2050. The van der Waals surface area contributed by atoms with Crippen molar-refractivity contribution in [2.75, 3.05) is 4.90 Å². The third-order valence-electron chi connectivity index (χ3n) is 7.12. The van der Waals surface area contributed by atoms with Crippen molar-refractivity contribution in [3.8, 4) is 0 Å². The van der Waals surface area contributed by atoms with Gasteiger partial charge in [-0.05, 0) is 71.4 Å². The average Bonchev–Trinajstić information content (AvgIpc) is 3.34. The predicted octanol–water partition coefficient (Wildman–Crippen LogP) is 11.5. The van der Waals surface area contributed by atoms with Crippen LogP contribution in [-0.4, -0.2) is 0 Å². The molecule has 8 rings (SSSR count). The first-order valence-corrected chi connectivity index (χ1v) is 14.7. The largest absolute Gasteiger partial charge is 0.456 e. The third-order valence-corrected chi connectivity index (χ3v) is 9.88. The molecule has 0 unspecified atom stereocenters. The maximum absolute atomic E-state index is 6.81. The summed E-state index contributed by atoms with van der Waals surface area (Å²) in [6.07, 6.45) is 0. The van der Waals surface area contributed by atoms with E-state index in [0.717, 1.165) is 44.0 Å². The van der Waals surface area contributed by atoms with Crippen LogP contribution in [0.4, 0.5) is 17.1 Å². The number of rotatable bonds is 3. The van der Waals surface area contributed by atoms with E-state index < -0.39 is 0 Å². The topological polar surface area (TPSA) is 16.4 Å². The molecule has 6 aromatic carbocycles. The van der Waals surface area contributed by atoms with Gasteiger partial charge in [-0.15, -0.1) is 0 Å². The molecule has 0 radical (unpaired) electrons. The molecule has 0 aliphatic carbocycles. The van der Waals surface area contributed by atoms with Crippen LogP contribution in [0.1, 0.15) is 0 Å². The molecule has 0 amide bonds. The molecule has 39 heavy (non-hydrogen) atoms. The van der Waals surface area contributed by atoms with Crippen LogP contribution >= 0.6 is 35.1 Å². The van der Waals surface area contributed by atoms with Crippen LogP contribution in [0.15, 0.2) is 145 Å². The first-order chi connectivity index (χ1) is 19.2. The van der Waals surface area contributed by atoms with Crippen LogP contribution in [0, 0.1) is 0 Å². The first kappa shape index (κ1) is 23.1. The van der Waals surface area contributed by atoms with Crippen molar-refractivity contribution in [2.24, 2.45) is 0 Å². The van der Waals surface area contributed by atoms with Gasteiger partial charge >= 0.3 is 0 Å². The van der Waals surface area contributed by atoms with Crippen LogP contribution in [0.5, 0.6) is 0 Å². The lowest BCUT2D eigenvalue weighted by atomic mass is 10.1. The highest BCUT2D eigenvalue weighted by molar-refractivity contribution is 8.05. The van der Waals surface area contributed by atoms with Crippen LogP contribution < -0.4 is 4.90 Å². The molecule has 2 nitrogen and oxygen atoms in total. The molecule has 1 aliphatic rings. The van der Waals surface area contributed by atoms with Crippen molar-refractivity contribution in [1.29, 1.82) is 0 Å². The minimum Gasteiger partial charge on any atom is -0.456 e. The molecule has 0 spiro atoms. The van der Waals surface area contributed by atoms with Crippen molar-refractivity contribution in [3.63, 3.8) is 0 Å². The zero-order valence-electron chi connectivity index (χ0n) is 20.6. The number of hydrogen-bond donors (Lipinski definition) is 0. The molecule has 0 atom stereocenters. The standard InChI is InChI=1S/C34H20ClNOS2/c35-23-18-28(34-33(19-23)38-31-16-21-8-4-5-9-22(21)17-32(31)39-34)36(24-10-2-1-3-11-24)25-14-15-30-27(20-25)26-12-6-7-13-29(26)37-30/h1-20H. The zero-order chi connectivity index (χ0) is 25.9. The van der Waals surface area contributed by atoms with Crippen molar-refractivity contribution >= 4 is 84.9 Å². The lowest BCUT2D eigenvalue weighted by Crippen LogP contribution is -2.12. The Labute approximate surface area is 239 Å². The number of anilines is 3. The summed E-state index contributed by atoms with van der Waals surface area (Å²) in [7, 11) is 0. The Morgan fingerprint density at radius 1 is 0.538 bits per heavy atom. The minimum atomic E-state index is 0.719. The third kappa shape index (κ3) is 3.90. The number of benzene rings is 6. The van der Waals surface area contributed by atoms with E-state index in [4.69, 9.17) is 16.0 Å². The van der Waals surface area contributed by atoms with E-state index in [1.807, 2.05) is 30.0 Å². The molecule has 5 heteroatoms. The number of nitrogens with zero attached hydrogens (tertiary/aromatic N) is 1. The summed E-state index contributed by atoms with van der Waals surface area (Å²) in [6, 6.07) is 42.4. The Hall–Kier alpha value is -3.83. The minimum absolute atomic E-state index is 0.719. The second-order valence-electron chi connectivity index (χ2n) is 9.55. The highest BCUT2D eigenvalue weighted by Gasteiger charge is 2.26. The van der Waals surface area contributed by atoms with Gasteiger partial charge in [0.1, 0.15) is 11.2 Å². The second kappa shape index (κ2) is 9.13. The Kier molecular flexibility index (Phi) is 5.41. The lowest BCUT2D eigenvalue weighted by Gasteiger charge is -2.30. The molecule has 0 fully saturated rings. The summed E-state index contributed by atoms with van der Waals surface area (Å²) in [5, 5.41) is 5.43. The van der Waals surface area contributed by atoms with Gasteiger partial charge in [-0.2, -0.15) is 0 Å². The summed E-state index contributed by atoms with van der Waals surface area (Å²) in [5.41, 5.74) is 4.97. The van der Waals surface area contributed by atoms with E-state index in [1.54, 1.807) is 11.8 Å². The van der Waals surface area contributed by atoms with Crippen molar-refractivity contribution in [2.45, 2.75) is 19.6 Å².